The highest BCUT2D eigenvalue weighted by molar-refractivity contribution is 5.82. The fourth-order valence-electron chi connectivity index (χ4n) is 2.31. The minimum atomic E-state index is -0.362. The molecule has 108 valence electrons. The van der Waals surface area contributed by atoms with Crippen LogP contribution in [0.1, 0.15) is 12.5 Å². The highest BCUT2D eigenvalue weighted by atomic mass is 16.5. The maximum absolute atomic E-state index is 12.2. The molecule has 0 fully saturated rings. The average Bonchev–Trinajstić information content (AvgIpc) is 2.54. The van der Waals surface area contributed by atoms with E-state index in [0.29, 0.717) is 11.1 Å². The molecule has 0 unspecified atom stereocenters. The Kier molecular flexibility index (Phi) is 3.67. The number of ether oxygens (including phenoxy) is 1. The van der Waals surface area contributed by atoms with Crippen molar-refractivity contribution in [2.24, 2.45) is 0 Å². The fraction of sp³-hybridized carbons (Fsp3) is 0.105. The van der Waals surface area contributed by atoms with Gasteiger partial charge in [-0.1, -0.05) is 18.1 Å². The van der Waals surface area contributed by atoms with Gasteiger partial charge in [0.15, 0.2) is 0 Å². The Labute approximate surface area is 128 Å². The number of hydrogen-bond donors (Lipinski definition) is 0. The molecule has 0 aliphatic heterocycles. The van der Waals surface area contributed by atoms with Gasteiger partial charge in [0, 0.05) is 10.9 Å². The molecule has 2 aromatic carbocycles. The highest BCUT2D eigenvalue weighted by Gasteiger charge is 2.08. The predicted octanol–water partition coefficient (Wildman–Crippen LogP) is 3.84. The molecule has 3 nitrogen and oxygen atoms in total. The minimum Gasteiger partial charge on any atom is -0.497 e. The molecule has 0 aliphatic carbocycles. The lowest BCUT2D eigenvalue weighted by Crippen LogP contribution is -2.02. The van der Waals surface area contributed by atoms with Crippen LogP contribution in [0.25, 0.3) is 22.1 Å². The van der Waals surface area contributed by atoms with Crippen LogP contribution < -0.4 is 10.4 Å². The number of methoxy groups -OCH3 is 1. The van der Waals surface area contributed by atoms with E-state index in [4.69, 9.17) is 9.15 Å². The zero-order valence-corrected chi connectivity index (χ0v) is 12.3. The monoisotopic (exact) mass is 290 g/mol. The van der Waals surface area contributed by atoms with E-state index in [0.717, 1.165) is 22.3 Å². The molecule has 3 aromatic rings. The van der Waals surface area contributed by atoms with Crippen molar-refractivity contribution in [3.8, 4) is 28.7 Å². The Bertz CT molecular complexity index is 938. The summed E-state index contributed by atoms with van der Waals surface area (Å²) in [5.41, 5.74) is 2.34. The van der Waals surface area contributed by atoms with Gasteiger partial charge in [0.25, 0.3) is 0 Å². The third kappa shape index (κ3) is 2.59. The summed E-state index contributed by atoms with van der Waals surface area (Å²) in [4.78, 5) is 12.2. The van der Waals surface area contributed by atoms with Crippen molar-refractivity contribution in [2.75, 3.05) is 7.11 Å². The first-order valence-electron chi connectivity index (χ1n) is 6.86. The maximum Gasteiger partial charge on any atom is 0.344 e. The lowest BCUT2D eigenvalue weighted by molar-refractivity contribution is 0.415. The van der Waals surface area contributed by atoms with Gasteiger partial charge in [-0.15, -0.1) is 5.92 Å². The van der Waals surface area contributed by atoms with Gasteiger partial charge >= 0.3 is 5.63 Å². The number of fused-ring (bicyclic) bond motifs is 1. The van der Waals surface area contributed by atoms with E-state index in [9.17, 15) is 4.79 Å². The Balaban J connectivity index is 2.13. The van der Waals surface area contributed by atoms with E-state index >= 15 is 0 Å². The summed E-state index contributed by atoms with van der Waals surface area (Å²) in [7, 11) is 1.61. The van der Waals surface area contributed by atoms with Gasteiger partial charge in [-0.3, -0.25) is 0 Å². The topological polar surface area (TPSA) is 39.4 Å². The summed E-state index contributed by atoms with van der Waals surface area (Å²) < 4.78 is 10.6. The largest absolute Gasteiger partial charge is 0.497 e. The van der Waals surface area contributed by atoms with Gasteiger partial charge in [0.1, 0.15) is 11.3 Å². The van der Waals surface area contributed by atoms with Crippen molar-refractivity contribution in [1.29, 1.82) is 0 Å². The van der Waals surface area contributed by atoms with Crippen molar-refractivity contribution < 1.29 is 9.15 Å². The van der Waals surface area contributed by atoms with Crippen molar-refractivity contribution in [2.45, 2.75) is 6.92 Å². The number of benzene rings is 2. The van der Waals surface area contributed by atoms with Crippen LogP contribution in [0.3, 0.4) is 0 Å². The molecule has 0 spiro atoms. The van der Waals surface area contributed by atoms with Gasteiger partial charge in [-0.05, 0) is 48.9 Å². The van der Waals surface area contributed by atoms with Crippen LogP contribution in [0.5, 0.6) is 5.75 Å². The highest BCUT2D eigenvalue weighted by Crippen LogP contribution is 2.23. The van der Waals surface area contributed by atoms with Crippen molar-refractivity contribution in [3.63, 3.8) is 0 Å². The van der Waals surface area contributed by atoms with Crippen LogP contribution in [0.4, 0.5) is 0 Å². The first kappa shape index (κ1) is 14.0. The molecular weight excluding hydrogens is 276 g/mol. The lowest BCUT2D eigenvalue weighted by atomic mass is 10.1. The van der Waals surface area contributed by atoms with Gasteiger partial charge in [-0.25, -0.2) is 4.79 Å². The summed E-state index contributed by atoms with van der Waals surface area (Å²) in [5.74, 6) is 6.53. The molecule has 1 heterocycles. The molecule has 0 radical (unpaired) electrons. The molecule has 0 saturated heterocycles. The van der Waals surface area contributed by atoms with Crippen molar-refractivity contribution in [3.05, 3.63) is 64.5 Å². The number of rotatable bonds is 2. The lowest BCUT2D eigenvalue weighted by Gasteiger charge is -2.04. The van der Waals surface area contributed by atoms with E-state index in [2.05, 4.69) is 11.8 Å². The van der Waals surface area contributed by atoms with E-state index in [1.807, 2.05) is 42.5 Å². The van der Waals surface area contributed by atoms with Crippen LogP contribution >= 0.6 is 0 Å². The first-order valence-corrected chi connectivity index (χ1v) is 6.86. The van der Waals surface area contributed by atoms with Crippen LogP contribution in [-0.2, 0) is 0 Å². The third-order valence-electron chi connectivity index (χ3n) is 3.41. The van der Waals surface area contributed by atoms with Crippen LogP contribution in [0.2, 0.25) is 0 Å². The van der Waals surface area contributed by atoms with Crippen molar-refractivity contribution in [1.82, 2.24) is 0 Å². The van der Waals surface area contributed by atoms with Crippen molar-refractivity contribution >= 4 is 11.0 Å². The SMILES string of the molecule is CC#Cc1ccc2cc(-c3ccc(OC)cc3)c(=O)oc2c1. The van der Waals surface area contributed by atoms with E-state index in [1.165, 1.54) is 0 Å². The molecule has 0 aliphatic rings. The minimum absolute atomic E-state index is 0.362. The zero-order chi connectivity index (χ0) is 15.5. The average molecular weight is 290 g/mol. The maximum atomic E-state index is 12.2. The Hall–Kier alpha value is -2.99. The van der Waals surface area contributed by atoms with E-state index < -0.39 is 0 Å². The standard InChI is InChI=1S/C19H14O3/c1-3-4-13-5-6-15-12-17(19(20)22-18(15)11-13)14-7-9-16(21-2)10-8-14/h5-12H,1-2H3. The molecule has 3 rings (SSSR count). The zero-order valence-electron chi connectivity index (χ0n) is 12.3. The van der Waals surface area contributed by atoms with Crippen LogP contribution in [0, 0.1) is 11.8 Å². The van der Waals surface area contributed by atoms with Gasteiger partial charge in [-0.2, -0.15) is 0 Å². The third-order valence-corrected chi connectivity index (χ3v) is 3.41. The van der Waals surface area contributed by atoms with Crippen LogP contribution in [0.15, 0.2) is 57.7 Å². The summed E-state index contributed by atoms with van der Waals surface area (Å²) in [6.45, 7) is 1.77. The first-order chi connectivity index (χ1) is 10.7. The molecular formula is C19H14O3. The second-order valence-electron chi connectivity index (χ2n) is 4.80. The van der Waals surface area contributed by atoms with E-state index in [1.54, 1.807) is 20.1 Å². The molecule has 0 atom stereocenters. The van der Waals surface area contributed by atoms with Gasteiger partial charge < -0.3 is 9.15 Å². The Morgan fingerprint density at radius 2 is 1.82 bits per heavy atom. The summed E-state index contributed by atoms with van der Waals surface area (Å²) in [6, 6.07) is 14.8. The summed E-state index contributed by atoms with van der Waals surface area (Å²) in [5, 5.41) is 0.868. The Morgan fingerprint density at radius 3 is 2.50 bits per heavy atom. The predicted molar refractivity (Wildman–Crippen MR) is 87.0 cm³/mol. The molecule has 0 bridgehead atoms. The second-order valence-corrected chi connectivity index (χ2v) is 4.80. The van der Waals surface area contributed by atoms with E-state index in [-0.39, 0.29) is 5.63 Å². The molecule has 0 amide bonds. The smallest absolute Gasteiger partial charge is 0.344 e. The fourth-order valence-corrected chi connectivity index (χ4v) is 2.31. The molecule has 3 heteroatoms. The molecule has 0 N–H and O–H groups in total. The Morgan fingerprint density at radius 1 is 1.05 bits per heavy atom. The van der Waals surface area contributed by atoms with Gasteiger partial charge in [0.05, 0.1) is 12.7 Å². The summed E-state index contributed by atoms with van der Waals surface area (Å²) in [6.07, 6.45) is 0. The number of hydrogen-bond acceptors (Lipinski definition) is 3. The molecule has 22 heavy (non-hydrogen) atoms. The second kappa shape index (κ2) is 5.79. The molecule has 0 saturated carbocycles. The quantitative estimate of drug-likeness (QED) is 0.532. The summed E-state index contributed by atoms with van der Waals surface area (Å²) >= 11 is 0. The van der Waals surface area contributed by atoms with Crippen LogP contribution in [-0.4, -0.2) is 7.11 Å². The van der Waals surface area contributed by atoms with Gasteiger partial charge in [0.2, 0.25) is 0 Å². The normalized spacial score (nSPS) is 10.1. The molecule has 1 aromatic heterocycles.